The molecule has 0 saturated heterocycles. The Kier molecular flexibility index (Phi) is 6.55. The smallest absolute Gasteiger partial charge is 0.310 e. The number of hydrogen-bond acceptors (Lipinski definition) is 4. The number of esters is 2. The van der Waals surface area contributed by atoms with Crippen LogP contribution in [0.4, 0.5) is 0 Å². The molecule has 0 N–H and O–H groups in total. The standard InChI is InChI=1S/C21H32O4/c1-15-12-13-18(20(22)24-16-8-4-2-5-9-16)19(14-15)21(23)25-17-10-6-3-7-11-17/h12,16-19H,2-11,13-14H2,1H3. The summed E-state index contributed by atoms with van der Waals surface area (Å²) < 4.78 is 11.5. The van der Waals surface area contributed by atoms with Crippen LogP contribution >= 0.6 is 0 Å². The van der Waals surface area contributed by atoms with Crippen molar-refractivity contribution in [2.45, 2.75) is 96.2 Å². The van der Waals surface area contributed by atoms with E-state index in [2.05, 4.69) is 6.08 Å². The van der Waals surface area contributed by atoms with Gasteiger partial charge in [-0.05, 0) is 71.1 Å². The van der Waals surface area contributed by atoms with Crippen LogP contribution in [0.2, 0.25) is 0 Å². The van der Waals surface area contributed by atoms with Crippen LogP contribution in [-0.2, 0) is 19.1 Å². The summed E-state index contributed by atoms with van der Waals surface area (Å²) in [7, 11) is 0. The molecule has 140 valence electrons. The maximum Gasteiger partial charge on any atom is 0.310 e. The normalized spacial score (nSPS) is 28.9. The molecule has 2 atom stereocenters. The van der Waals surface area contributed by atoms with Crippen molar-refractivity contribution in [3.8, 4) is 0 Å². The summed E-state index contributed by atoms with van der Waals surface area (Å²) in [5.74, 6) is -1.13. The Morgan fingerprint density at radius 1 is 0.800 bits per heavy atom. The van der Waals surface area contributed by atoms with Gasteiger partial charge in [-0.3, -0.25) is 9.59 Å². The number of rotatable bonds is 4. The van der Waals surface area contributed by atoms with Crippen molar-refractivity contribution in [2.75, 3.05) is 0 Å². The van der Waals surface area contributed by atoms with Gasteiger partial charge in [0.15, 0.2) is 0 Å². The molecule has 0 amide bonds. The van der Waals surface area contributed by atoms with E-state index in [4.69, 9.17) is 9.47 Å². The van der Waals surface area contributed by atoms with E-state index >= 15 is 0 Å². The van der Waals surface area contributed by atoms with E-state index in [1.54, 1.807) is 0 Å². The fraction of sp³-hybridized carbons (Fsp3) is 0.810. The number of carbonyl (C=O) groups excluding carboxylic acids is 2. The highest BCUT2D eigenvalue weighted by atomic mass is 16.6. The van der Waals surface area contributed by atoms with Gasteiger partial charge >= 0.3 is 11.9 Å². The lowest BCUT2D eigenvalue weighted by molar-refractivity contribution is -0.168. The fourth-order valence-corrected chi connectivity index (χ4v) is 4.44. The van der Waals surface area contributed by atoms with Crippen LogP contribution in [0.1, 0.15) is 84.0 Å². The maximum absolute atomic E-state index is 12.8. The average molecular weight is 348 g/mol. The molecule has 3 rings (SSSR count). The predicted octanol–water partition coefficient (Wildman–Crippen LogP) is 4.71. The monoisotopic (exact) mass is 348 g/mol. The van der Waals surface area contributed by atoms with Gasteiger partial charge in [-0.15, -0.1) is 0 Å². The number of allylic oxidation sites excluding steroid dienone is 2. The van der Waals surface area contributed by atoms with Gasteiger partial charge in [0.1, 0.15) is 12.2 Å². The summed E-state index contributed by atoms with van der Waals surface area (Å²) in [5, 5.41) is 0. The third kappa shape index (κ3) is 5.08. The minimum Gasteiger partial charge on any atom is -0.462 e. The van der Waals surface area contributed by atoms with E-state index in [1.807, 2.05) is 6.92 Å². The second-order valence-electron chi connectivity index (χ2n) is 8.10. The van der Waals surface area contributed by atoms with Crippen LogP contribution in [0.15, 0.2) is 11.6 Å². The SMILES string of the molecule is CC1=CCC(C(=O)OC2CCCCC2)C(C(=O)OC2CCCCC2)C1. The zero-order chi connectivity index (χ0) is 17.6. The zero-order valence-electron chi connectivity index (χ0n) is 15.5. The van der Waals surface area contributed by atoms with Crippen molar-refractivity contribution in [3.63, 3.8) is 0 Å². The molecule has 2 fully saturated rings. The molecule has 0 bridgehead atoms. The third-order valence-corrected chi connectivity index (χ3v) is 6.02. The Balaban J connectivity index is 1.60. The molecule has 3 aliphatic carbocycles. The lowest BCUT2D eigenvalue weighted by Crippen LogP contribution is -2.38. The summed E-state index contributed by atoms with van der Waals surface area (Å²) in [4.78, 5) is 25.5. The molecular formula is C21H32O4. The van der Waals surface area contributed by atoms with E-state index in [-0.39, 0.29) is 36.0 Å². The minimum absolute atomic E-state index is 0.0440. The third-order valence-electron chi connectivity index (χ3n) is 6.02. The van der Waals surface area contributed by atoms with E-state index in [0.717, 1.165) is 51.4 Å². The van der Waals surface area contributed by atoms with E-state index in [9.17, 15) is 9.59 Å². The molecule has 25 heavy (non-hydrogen) atoms. The van der Waals surface area contributed by atoms with E-state index < -0.39 is 0 Å². The summed E-state index contributed by atoms with van der Waals surface area (Å²) in [6.07, 6.45) is 14.2. The first-order chi connectivity index (χ1) is 12.1. The second-order valence-corrected chi connectivity index (χ2v) is 8.10. The molecule has 0 aliphatic heterocycles. The molecule has 4 nitrogen and oxygen atoms in total. The molecule has 2 saturated carbocycles. The second kappa shape index (κ2) is 8.86. The van der Waals surface area contributed by atoms with Crippen LogP contribution < -0.4 is 0 Å². The van der Waals surface area contributed by atoms with Gasteiger partial charge in [-0.1, -0.05) is 24.5 Å². The van der Waals surface area contributed by atoms with Gasteiger partial charge < -0.3 is 9.47 Å². The van der Waals surface area contributed by atoms with Crippen LogP contribution in [0, 0.1) is 11.8 Å². The summed E-state index contributed by atoms with van der Waals surface area (Å²) >= 11 is 0. The Bertz CT molecular complexity index is 498. The average Bonchev–Trinajstić information content (AvgIpc) is 2.63. The minimum atomic E-state index is -0.373. The highest BCUT2D eigenvalue weighted by molar-refractivity contribution is 5.83. The van der Waals surface area contributed by atoms with Gasteiger partial charge in [-0.25, -0.2) is 0 Å². The summed E-state index contributed by atoms with van der Waals surface area (Å²) in [5.41, 5.74) is 1.17. The highest BCUT2D eigenvalue weighted by Crippen LogP contribution is 2.34. The highest BCUT2D eigenvalue weighted by Gasteiger charge is 2.39. The van der Waals surface area contributed by atoms with Crippen LogP contribution in [0.3, 0.4) is 0 Å². The quantitative estimate of drug-likeness (QED) is 0.545. The topological polar surface area (TPSA) is 52.6 Å². The molecule has 4 heteroatoms. The Morgan fingerprint density at radius 2 is 1.28 bits per heavy atom. The molecule has 0 aromatic rings. The van der Waals surface area contributed by atoms with Gasteiger partial charge in [0, 0.05) is 0 Å². The zero-order valence-corrected chi connectivity index (χ0v) is 15.5. The number of hydrogen-bond donors (Lipinski definition) is 0. The molecule has 0 aromatic carbocycles. The van der Waals surface area contributed by atoms with Gasteiger partial charge in [0.25, 0.3) is 0 Å². The van der Waals surface area contributed by atoms with Crippen molar-refractivity contribution in [2.24, 2.45) is 11.8 Å². The molecule has 0 aromatic heterocycles. The Morgan fingerprint density at radius 3 is 1.80 bits per heavy atom. The molecule has 2 unspecified atom stereocenters. The number of ether oxygens (including phenoxy) is 2. The van der Waals surface area contributed by atoms with Crippen LogP contribution in [-0.4, -0.2) is 24.1 Å². The maximum atomic E-state index is 12.8. The van der Waals surface area contributed by atoms with Gasteiger partial charge in [0.05, 0.1) is 11.8 Å². The van der Waals surface area contributed by atoms with Crippen LogP contribution in [0.5, 0.6) is 0 Å². The van der Waals surface area contributed by atoms with Crippen molar-refractivity contribution in [1.82, 2.24) is 0 Å². The van der Waals surface area contributed by atoms with Crippen molar-refractivity contribution in [3.05, 3.63) is 11.6 Å². The Hall–Kier alpha value is -1.32. The van der Waals surface area contributed by atoms with Crippen molar-refractivity contribution < 1.29 is 19.1 Å². The first kappa shape index (κ1) is 18.5. The fourth-order valence-electron chi connectivity index (χ4n) is 4.44. The molecular weight excluding hydrogens is 316 g/mol. The molecule has 0 heterocycles. The lowest BCUT2D eigenvalue weighted by atomic mass is 9.79. The molecule has 0 spiro atoms. The first-order valence-corrected chi connectivity index (χ1v) is 10.2. The first-order valence-electron chi connectivity index (χ1n) is 10.2. The number of carbonyl (C=O) groups is 2. The molecule has 0 radical (unpaired) electrons. The Labute approximate surface area is 151 Å². The van der Waals surface area contributed by atoms with E-state index in [1.165, 1.54) is 18.4 Å². The lowest BCUT2D eigenvalue weighted by Gasteiger charge is -2.31. The summed E-state index contributed by atoms with van der Waals surface area (Å²) in [6.45, 7) is 2.03. The summed E-state index contributed by atoms with van der Waals surface area (Å²) in [6, 6.07) is 0. The van der Waals surface area contributed by atoms with Gasteiger partial charge in [-0.2, -0.15) is 0 Å². The molecule has 3 aliphatic rings. The predicted molar refractivity (Wildman–Crippen MR) is 95.9 cm³/mol. The van der Waals surface area contributed by atoms with Crippen molar-refractivity contribution >= 4 is 11.9 Å². The van der Waals surface area contributed by atoms with E-state index in [0.29, 0.717) is 12.8 Å². The van der Waals surface area contributed by atoms with Crippen LogP contribution in [0.25, 0.3) is 0 Å². The van der Waals surface area contributed by atoms with Crippen molar-refractivity contribution in [1.29, 1.82) is 0 Å². The largest absolute Gasteiger partial charge is 0.462 e. The van der Waals surface area contributed by atoms with Gasteiger partial charge in [0.2, 0.25) is 0 Å².